The maximum Gasteiger partial charge on any atom is 0.534 e. The van der Waals surface area contributed by atoms with Crippen LogP contribution in [0.3, 0.4) is 0 Å². The summed E-state index contributed by atoms with van der Waals surface area (Å²) in [5, 5.41) is -0.956. The highest BCUT2D eigenvalue weighted by atomic mass is 35.5. The van der Waals surface area contributed by atoms with E-state index in [1.165, 1.54) is 6.08 Å². The lowest BCUT2D eigenvalue weighted by Crippen LogP contribution is -2.28. The van der Waals surface area contributed by atoms with E-state index in [1.807, 2.05) is 0 Å². The molecule has 5 nitrogen and oxygen atoms in total. The lowest BCUT2D eigenvalue weighted by Gasteiger charge is -2.12. The van der Waals surface area contributed by atoms with Crippen molar-refractivity contribution in [2.75, 3.05) is 6.61 Å². The number of alkyl halides is 3. The van der Waals surface area contributed by atoms with E-state index in [1.54, 1.807) is 6.92 Å². The van der Waals surface area contributed by atoms with Crippen molar-refractivity contribution in [3.05, 3.63) is 33.8 Å². The van der Waals surface area contributed by atoms with Gasteiger partial charge >= 0.3 is 21.6 Å². The standard InChI is InChI=1S/C12H9Cl2F3O5S/c1-2-21-10(18)4-3-7-5-8(13)11(9(14)6-7)22-23(19,20)12(15,16)17/h3-6H,2H2,1H3. The van der Waals surface area contributed by atoms with E-state index >= 15 is 0 Å². The van der Waals surface area contributed by atoms with Gasteiger partial charge in [-0.25, -0.2) is 4.79 Å². The van der Waals surface area contributed by atoms with Crippen LogP contribution in [0.1, 0.15) is 12.5 Å². The third-order valence-electron chi connectivity index (χ3n) is 2.20. The molecule has 0 aliphatic rings. The molecule has 0 aliphatic heterocycles. The Bertz CT molecular complexity index is 706. The second kappa shape index (κ2) is 7.41. The van der Waals surface area contributed by atoms with Crippen molar-refractivity contribution < 1.29 is 35.3 Å². The van der Waals surface area contributed by atoms with Crippen molar-refractivity contribution in [3.8, 4) is 5.75 Å². The van der Waals surface area contributed by atoms with Crippen molar-refractivity contribution in [2.45, 2.75) is 12.4 Å². The molecule has 0 aliphatic carbocycles. The van der Waals surface area contributed by atoms with Gasteiger partial charge in [0.15, 0.2) is 5.75 Å². The Hall–Kier alpha value is -1.45. The summed E-state index contributed by atoms with van der Waals surface area (Å²) in [6, 6.07) is 2.15. The Balaban J connectivity index is 3.10. The van der Waals surface area contributed by atoms with Crippen LogP contribution in [0.4, 0.5) is 13.2 Å². The molecule has 0 fully saturated rings. The smallest absolute Gasteiger partial charge is 0.463 e. The van der Waals surface area contributed by atoms with Crippen LogP contribution in [0.25, 0.3) is 6.08 Å². The maximum absolute atomic E-state index is 12.3. The molecule has 23 heavy (non-hydrogen) atoms. The fraction of sp³-hybridized carbons (Fsp3) is 0.250. The summed E-state index contributed by atoms with van der Waals surface area (Å²) >= 11 is 11.4. The van der Waals surface area contributed by atoms with E-state index in [0.29, 0.717) is 0 Å². The van der Waals surface area contributed by atoms with Gasteiger partial charge in [0.2, 0.25) is 0 Å². The molecule has 1 rings (SSSR count). The first-order valence-electron chi connectivity index (χ1n) is 5.82. The number of hydrogen-bond donors (Lipinski definition) is 0. The van der Waals surface area contributed by atoms with Gasteiger partial charge < -0.3 is 8.92 Å². The molecular weight excluding hydrogens is 384 g/mol. The molecule has 11 heteroatoms. The highest BCUT2D eigenvalue weighted by Gasteiger charge is 2.49. The Morgan fingerprint density at radius 1 is 1.26 bits per heavy atom. The van der Waals surface area contributed by atoms with Crippen molar-refractivity contribution in [1.82, 2.24) is 0 Å². The highest BCUT2D eigenvalue weighted by molar-refractivity contribution is 7.88. The lowest BCUT2D eigenvalue weighted by molar-refractivity contribution is -0.137. The molecule has 0 saturated heterocycles. The third-order valence-corrected chi connectivity index (χ3v) is 3.71. The Morgan fingerprint density at radius 2 is 1.78 bits per heavy atom. The van der Waals surface area contributed by atoms with Gasteiger partial charge in [-0.15, -0.1) is 0 Å². The second-order valence-corrected chi connectivity index (χ2v) is 6.23. The van der Waals surface area contributed by atoms with Gasteiger partial charge in [-0.1, -0.05) is 23.2 Å². The normalized spacial score (nSPS) is 12.4. The van der Waals surface area contributed by atoms with E-state index in [0.717, 1.165) is 18.2 Å². The molecule has 1 aromatic carbocycles. The fourth-order valence-corrected chi connectivity index (χ4v) is 2.43. The summed E-state index contributed by atoms with van der Waals surface area (Å²) in [5.41, 5.74) is -5.40. The van der Waals surface area contributed by atoms with Gasteiger partial charge in [0.1, 0.15) is 0 Å². The average Bonchev–Trinajstić information content (AvgIpc) is 2.39. The zero-order valence-corrected chi connectivity index (χ0v) is 13.7. The van der Waals surface area contributed by atoms with E-state index in [-0.39, 0.29) is 12.2 Å². The molecule has 0 radical (unpaired) electrons. The van der Waals surface area contributed by atoms with Gasteiger partial charge in [-0.05, 0) is 30.7 Å². The van der Waals surface area contributed by atoms with Crippen molar-refractivity contribution in [3.63, 3.8) is 0 Å². The first-order chi connectivity index (χ1) is 10.5. The summed E-state index contributed by atoms with van der Waals surface area (Å²) in [4.78, 5) is 11.1. The zero-order chi connectivity index (χ0) is 17.8. The Labute approximate surface area is 139 Å². The highest BCUT2D eigenvalue weighted by Crippen LogP contribution is 2.38. The summed E-state index contributed by atoms with van der Waals surface area (Å²) in [6.45, 7) is 1.76. The summed E-state index contributed by atoms with van der Waals surface area (Å²) in [5.74, 6) is -1.52. The SMILES string of the molecule is CCOC(=O)C=Cc1cc(Cl)c(OS(=O)(=O)C(F)(F)F)c(Cl)c1. The predicted octanol–water partition coefficient (Wildman–Crippen LogP) is 3.80. The van der Waals surface area contributed by atoms with Crippen LogP contribution in [0.15, 0.2) is 18.2 Å². The molecule has 0 bridgehead atoms. The van der Waals surface area contributed by atoms with E-state index < -0.39 is 37.4 Å². The summed E-state index contributed by atoms with van der Waals surface area (Å²) in [6.07, 6.45) is 2.27. The Morgan fingerprint density at radius 3 is 2.22 bits per heavy atom. The van der Waals surface area contributed by atoms with Gasteiger partial charge in [-0.3, -0.25) is 0 Å². The van der Waals surface area contributed by atoms with Crippen LogP contribution >= 0.6 is 23.2 Å². The van der Waals surface area contributed by atoms with Crippen LogP contribution in [-0.4, -0.2) is 26.5 Å². The second-order valence-electron chi connectivity index (χ2n) is 3.88. The van der Waals surface area contributed by atoms with Crippen LogP contribution in [0.2, 0.25) is 10.0 Å². The number of ether oxygens (including phenoxy) is 1. The third kappa shape index (κ3) is 5.29. The fourth-order valence-electron chi connectivity index (χ4n) is 1.27. The molecule has 0 aromatic heterocycles. The number of halogens is 5. The van der Waals surface area contributed by atoms with Crippen LogP contribution in [-0.2, 0) is 19.6 Å². The number of hydrogen-bond acceptors (Lipinski definition) is 5. The molecule has 0 spiro atoms. The minimum Gasteiger partial charge on any atom is -0.463 e. The number of rotatable bonds is 5. The molecule has 0 saturated carbocycles. The molecular formula is C12H9Cl2F3O5S. The van der Waals surface area contributed by atoms with E-state index in [9.17, 15) is 26.4 Å². The quantitative estimate of drug-likeness (QED) is 0.330. The van der Waals surface area contributed by atoms with Crippen molar-refractivity contribution in [2.24, 2.45) is 0 Å². The van der Waals surface area contributed by atoms with Crippen LogP contribution in [0.5, 0.6) is 5.75 Å². The molecule has 128 valence electrons. The summed E-state index contributed by atoms with van der Waals surface area (Å²) in [7, 11) is -5.90. The monoisotopic (exact) mass is 392 g/mol. The minimum absolute atomic E-state index is 0.159. The number of carbonyl (C=O) groups excluding carboxylic acids is 1. The van der Waals surface area contributed by atoms with Crippen LogP contribution in [0, 0.1) is 0 Å². The largest absolute Gasteiger partial charge is 0.534 e. The van der Waals surface area contributed by atoms with Gasteiger partial charge in [-0.2, -0.15) is 21.6 Å². The number of benzene rings is 1. The zero-order valence-electron chi connectivity index (χ0n) is 11.4. The maximum atomic E-state index is 12.3. The summed E-state index contributed by atoms with van der Waals surface area (Å²) < 4.78 is 67.3. The molecule has 0 N–H and O–H groups in total. The molecule has 0 amide bonds. The van der Waals surface area contributed by atoms with E-state index in [4.69, 9.17) is 23.2 Å². The molecule has 0 atom stereocenters. The van der Waals surface area contributed by atoms with Gasteiger partial charge in [0.25, 0.3) is 0 Å². The topological polar surface area (TPSA) is 69.7 Å². The average molecular weight is 393 g/mol. The number of carbonyl (C=O) groups is 1. The van der Waals surface area contributed by atoms with Crippen molar-refractivity contribution in [1.29, 1.82) is 0 Å². The Kier molecular flexibility index (Phi) is 6.32. The first kappa shape index (κ1) is 19.6. The van der Waals surface area contributed by atoms with Gasteiger partial charge in [0.05, 0.1) is 16.7 Å². The van der Waals surface area contributed by atoms with Crippen molar-refractivity contribution >= 4 is 45.4 Å². The predicted molar refractivity (Wildman–Crippen MR) is 77.7 cm³/mol. The molecule has 0 unspecified atom stereocenters. The first-order valence-corrected chi connectivity index (χ1v) is 7.99. The van der Waals surface area contributed by atoms with Gasteiger partial charge in [0, 0.05) is 6.08 Å². The molecule has 1 aromatic rings. The molecule has 0 heterocycles. The van der Waals surface area contributed by atoms with E-state index in [2.05, 4.69) is 8.92 Å². The number of esters is 1. The van der Waals surface area contributed by atoms with Crippen LogP contribution < -0.4 is 4.18 Å². The minimum atomic E-state index is -5.90. The lowest BCUT2D eigenvalue weighted by atomic mass is 10.2.